The van der Waals surface area contributed by atoms with Gasteiger partial charge in [0, 0.05) is 38.6 Å². The topological polar surface area (TPSA) is 91.3 Å². The monoisotopic (exact) mass is 378 g/mol. The summed E-state index contributed by atoms with van der Waals surface area (Å²) in [5, 5.41) is 22.3. The number of amides is 1. The molecule has 2 atom stereocenters. The van der Waals surface area contributed by atoms with Crippen LogP contribution in [0.15, 0.2) is 12.1 Å². The summed E-state index contributed by atoms with van der Waals surface area (Å²) in [5.74, 6) is 0.994. The SMILES string of the molecule is Cc1ccc(C(=O)NC[C@@H]2CCN(CCCO)C[C@H]2O)c2c1OCCCO2. The molecule has 0 aliphatic carbocycles. The Labute approximate surface area is 160 Å². The van der Waals surface area contributed by atoms with Gasteiger partial charge >= 0.3 is 0 Å². The third-order valence-corrected chi connectivity index (χ3v) is 5.30. The van der Waals surface area contributed by atoms with Gasteiger partial charge in [0.25, 0.3) is 5.91 Å². The van der Waals surface area contributed by atoms with Gasteiger partial charge in [-0.25, -0.2) is 0 Å². The Morgan fingerprint density at radius 1 is 1.30 bits per heavy atom. The highest BCUT2D eigenvalue weighted by Gasteiger charge is 2.28. The Morgan fingerprint density at radius 3 is 2.81 bits per heavy atom. The van der Waals surface area contributed by atoms with Gasteiger partial charge in [-0.3, -0.25) is 4.79 Å². The van der Waals surface area contributed by atoms with Crippen molar-refractivity contribution in [2.45, 2.75) is 32.3 Å². The van der Waals surface area contributed by atoms with E-state index < -0.39 is 6.10 Å². The molecule has 27 heavy (non-hydrogen) atoms. The molecule has 3 N–H and O–H groups in total. The molecule has 1 aromatic rings. The van der Waals surface area contributed by atoms with Gasteiger partial charge < -0.3 is 29.9 Å². The van der Waals surface area contributed by atoms with Gasteiger partial charge in [-0.15, -0.1) is 0 Å². The maximum Gasteiger partial charge on any atom is 0.255 e. The first kappa shape index (κ1) is 19.9. The third kappa shape index (κ3) is 4.91. The van der Waals surface area contributed by atoms with Crippen LogP contribution < -0.4 is 14.8 Å². The summed E-state index contributed by atoms with van der Waals surface area (Å²) in [6.07, 6.45) is 1.84. The number of likely N-dealkylation sites (tertiary alicyclic amines) is 1. The minimum Gasteiger partial charge on any atom is -0.489 e. The maximum absolute atomic E-state index is 12.7. The van der Waals surface area contributed by atoms with E-state index in [1.54, 1.807) is 6.07 Å². The molecule has 2 aliphatic heterocycles. The highest BCUT2D eigenvalue weighted by Crippen LogP contribution is 2.36. The van der Waals surface area contributed by atoms with Crippen molar-refractivity contribution in [2.24, 2.45) is 5.92 Å². The van der Waals surface area contributed by atoms with E-state index in [1.807, 2.05) is 13.0 Å². The number of benzene rings is 1. The minimum atomic E-state index is -0.479. The lowest BCUT2D eigenvalue weighted by molar-refractivity contribution is 0.0201. The van der Waals surface area contributed by atoms with E-state index >= 15 is 0 Å². The van der Waals surface area contributed by atoms with E-state index in [4.69, 9.17) is 14.6 Å². The highest BCUT2D eigenvalue weighted by atomic mass is 16.5. The molecule has 2 heterocycles. The van der Waals surface area contributed by atoms with Crippen LogP contribution in [0.5, 0.6) is 11.5 Å². The first-order valence-corrected chi connectivity index (χ1v) is 9.79. The van der Waals surface area contributed by atoms with Gasteiger partial charge in [0.2, 0.25) is 0 Å². The molecule has 0 bridgehead atoms. The van der Waals surface area contributed by atoms with E-state index in [1.165, 1.54) is 0 Å². The Morgan fingerprint density at radius 2 is 2.07 bits per heavy atom. The zero-order valence-electron chi connectivity index (χ0n) is 15.9. The summed E-state index contributed by atoms with van der Waals surface area (Å²) < 4.78 is 11.5. The maximum atomic E-state index is 12.7. The van der Waals surface area contributed by atoms with Gasteiger partial charge in [-0.1, -0.05) is 6.07 Å². The van der Waals surface area contributed by atoms with E-state index in [0.717, 1.165) is 31.5 Å². The van der Waals surface area contributed by atoms with Crippen LogP contribution in [0.25, 0.3) is 0 Å². The van der Waals surface area contributed by atoms with Crippen molar-refractivity contribution in [1.29, 1.82) is 0 Å². The summed E-state index contributed by atoms with van der Waals surface area (Å²) in [6.45, 7) is 5.89. The summed E-state index contributed by atoms with van der Waals surface area (Å²) in [4.78, 5) is 14.9. The van der Waals surface area contributed by atoms with Crippen LogP contribution >= 0.6 is 0 Å². The fourth-order valence-electron chi connectivity index (χ4n) is 3.67. The van der Waals surface area contributed by atoms with Gasteiger partial charge in [0.05, 0.1) is 24.9 Å². The molecule has 0 aromatic heterocycles. The predicted octanol–water partition coefficient (Wildman–Crippen LogP) is 0.951. The van der Waals surface area contributed by atoms with Gasteiger partial charge in [-0.2, -0.15) is 0 Å². The molecule has 7 heteroatoms. The number of β-amino-alcohol motifs (C(OH)–C–C–N with tert-alkyl or cyclic N) is 1. The quantitative estimate of drug-likeness (QED) is 0.683. The predicted molar refractivity (Wildman–Crippen MR) is 101 cm³/mol. The van der Waals surface area contributed by atoms with E-state index in [9.17, 15) is 9.90 Å². The minimum absolute atomic E-state index is 0.0283. The van der Waals surface area contributed by atoms with Crippen molar-refractivity contribution in [3.8, 4) is 11.5 Å². The molecule has 1 saturated heterocycles. The molecule has 0 saturated carbocycles. The lowest BCUT2D eigenvalue weighted by Gasteiger charge is -2.36. The Hall–Kier alpha value is -1.83. The number of rotatable bonds is 6. The molecular weight excluding hydrogens is 348 g/mol. The smallest absolute Gasteiger partial charge is 0.255 e. The van der Waals surface area contributed by atoms with E-state index in [0.29, 0.717) is 49.8 Å². The van der Waals surface area contributed by atoms with Crippen LogP contribution in [0.3, 0.4) is 0 Å². The number of nitrogens with one attached hydrogen (secondary N) is 1. The van der Waals surface area contributed by atoms with E-state index in [2.05, 4.69) is 10.2 Å². The molecule has 150 valence electrons. The second-order valence-corrected chi connectivity index (χ2v) is 7.34. The average molecular weight is 378 g/mol. The molecule has 0 unspecified atom stereocenters. The average Bonchev–Trinajstić information content (AvgIpc) is 2.92. The number of hydrogen-bond acceptors (Lipinski definition) is 6. The fraction of sp³-hybridized carbons (Fsp3) is 0.650. The zero-order chi connectivity index (χ0) is 19.2. The standard InChI is InChI=1S/C20H30N2O5/c1-14-4-5-16(19-18(14)26-10-3-11-27-19)20(25)21-12-15-6-8-22(7-2-9-23)13-17(15)24/h4-5,15,17,23-24H,2-3,6-13H2,1H3,(H,21,25)/t15-,17+/m0/s1. The largest absolute Gasteiger partial charge is 0.489 e. The van der Waals surface area contributed by atoms with Crippen LogP contribution in [0.4, 0.5) is 0 Å². The lowest BCUT2D eigenvalue weighted by atomic mass is 9.93. The van der Waals surface area contributed by atoms with Gasteiger partial charge in [-0.05, 0) is 37.9 Å². The second kappa shape index (κ2) is 9.39. The summed E-state index contributed by atoms with van der Waals surface area (Å²) in [5.41, 5.74) is 1.43. The number of nitrogens with zero attached hydrogens (tertiary/aromatic N) is 1. The molecule has 7 nitrogen and oxygen atoms in total. The van der Waals surface area contributed by atoms with Gasteiger partial charge in [0.15, 0.2) is 11.5 Å². The Kier molecular flexibility index (Phi) is 6.93. The van der Waals surface area contributed by atoms with E-state index in [-0.39, 0.29) is 18.4 Å². The zero-order valence-corrected chi connectivity index (χ0v) is 15.9. The van der Waals surface area contributed by atoms with Crippen molar-refractivity contribution in [3.63, 3.8) is 0 Å². The molecule has 3 rings (SSSR count). The Bertz CT molecular complexity index is 652. The summed E-state index contributed by atoms with van der Waals surface area (Å²) in [7, 11) is 0. The van der Waals surface area contributed by atoms with Crippen LogP contribution in [-0.2, 0) is 0 Å². The highest BCUT2D eigenvalue weighted by molar-refractivity contribution is 5.98. The number of hydrogen-bond donors (Lipinski definition) is 3. The number of piperidine rings is 1. The second-order valence-electron chi connectivity index (χ2n) is 7.34. The van der Waals surface area contributed by atoms with Crippen molar-refractivity contribution < 1.29 is 24.5 Å². The van der Waals surface area contributed by atoms with Crippen LogP contribution in [0, 0.1) is 12.8 Å². The molecule has 1 fully saturated rings. The van der Waals surface area contributed by atoms with Gasteiger partial charge in [0.1, 0.15) is 0 Å². The fourth-order valence-corrected chi connectivity index (χ4v) is 3.67. The first-order chi connectivity index (χ1) is 13.1. The molecule has 1 amide bonds. The number of carbonyl (C=O) groups is 1. The lowest BCUT2D eigenvalue weighted by Crippen LogP contribution is -2.47. The number of fused-ring (bicyclic) bond motifs is 1. The third-order valence-electron chi connectivity index (χ3n) is 5.30. The first-order valence-electron chi connectivity index (χ1n) is 9.79. The molecular formula is C20H30N2O5. The number of aryl methyl sites for hydroxylation is 1. The number of aliphatic hydroxyl groups is 2. The summed E-state index contributed by atoms with van der Waals surface area (Å²) in [6, 6.07) is 3.64. The van der Waals surface area contributed by atoms with Crippen molar-refractivity contribution in [2.75, 3.05) is 46.0 Å². The number of ether oxygens (including phenoxy) is 2. The van der Waals surface area contributed by atoms with Crippen molar-refractivity contribution >= 4 is 5.91 Å². The van der Waals surface area contributed by atoms with Crippen LogP contribution in [0.2, 0.25) is 0 Å². The Balaban J connectivity index is 1.59. The summed E-state index contributed by atoms with van der Waals surface area (Å²) >= 11 is 0. The molecule has 0 spiro atoms. The van der Waals surface area contributed by atoms with Crippen LogP contribution in [-0.4, -0.2) is 73.1 Å². The molecule has 0 radical (unpaired) electrons. The van der Waals surface area contributed by atoms with Crippen molar-refractivity contribution in [3.05, 3.63) is 23.3 Å². The molecule has 1 aromatic carbocycles. The van der Waals surface area contributed by atoms with Crippen LogP contribution in [0.1, 0.15) is 35.2 Å². The number of aliphatic hydroxyl groups excluding tert-OH is 2. The van der Waals surface area contributed by atoms with Crippen molar-refractivity contribution in [1.82, 2.24) is 10.2 Å². The number of carbonyl (C=O) groups excluding carboxylic acids is 1. The molecule has 2 aliphatic rings. The normalized spacial score (nSPS) is 22.9.